The van der Waals surface area contributed by atoms with Crippen LogP contribution in [-0.4, -0.2) is 12.3 Å². The van der Waals surface area contributed by atoms with Crippen LogP contribution in [0.25, 0.3) is 0 Å². The Morgan fingerprint density at radius 2 is 0.659 bits per heavy atom. The molecule has 0 nitrogen and oxygen atoms in total. The number of rotatable bonds is 16. The van der Waals surface area contributed by atoms with Crippen molar-refractivity contribution in [1.29, 1.82) is 0 Å². The third-order valence-electron chi connectivity index (χ3n) is 8.33. The lowest BCUT2D eigenvalue weighted by atomic mass is 9.88. The third-order valence-corrected chi connectivity index (χ3v) is 15.0. The molecule has 0 heterocycles. The fourth-order valence-electron chi connectivity index (χ4n) is 6.03. The van der Waals surface area contributed by atoms with Crippen molar-refractivity contribution in [3.8, 4) is 0 Å². The summed E-state index contributed by atoms with van der Waals surface area (Å²) in [7, 11) is 0. The van der Waals surface area contributed by atoms with E-state index >= 15 is 0 Å². The Hall–Kier alpha value is -2.08. The molecule has 226 valence electrons. The molecule has 5 aromatic rings. The maximum absolute atomic E-state index is 4.07. The maximum atomic E-state index is 4.07. The first-order chi connectivity index (χ1) is 21.7. The van der Waals surface area contributed by atoms with E-state index in [1.807, 2.05) is 0 Å². The average molecular weight is 745 g/mol. The van der Waals surface area contributed by atoms with E-state index in [2.05, 4.69) is 177 Å². The Bertz CT molecular complexity index is 1280. The normalized spacial score (nSPS) is 12.8. The molecule has 0 saturated carbocycles. The topological polar surface area (TPSA) is 0 Å². The quantitative estimate of drug-likeness (QED) is 0.0883. The van der Waals surface area contributed by atoms with E-state index in [0.717, 1.165) is 12.3 Å². The van der Waals surface area contributed by atoms with Gasteiger partial charge in [0.1, 0.15) is 0 Å². The Morgan fingerprint density at radius 3 is 0.932 bits per heavy atom. The smallest absolute Gasteiger partial charge is 0.00894 e. The summed E-state index contributed by atoms with van der Waals surface area (Å²) in [4.78, 5) is 0. The second-order valence-corrected chi connectivity index (χ2v) is 20.9. The SMILES string of the molecule is BrP(CCCC(c1ccccc1)c1ccccc1)Cc1ccc(CP(Br)CCCC(c2ccccc2)c2ccccc2)cc1. The summed E-state index contributed by atoms with van der Waals surface area (Å²) < 4.78 is 0. The summed E-state index contributed by atoms with van der Waals surface area (Å²) in [5, 5.41) is 0. The van der Waals surface area contributed by atoms with E-state index in [1.165, 1.54) is 71.4 Å². The monoisotopic (exact) mass is 742 g/mol. The fourth-order valence-corrected chi connectivity index (χ4v) is 11.9. The van der Waals surface area contributed by atoms with Gasteiger partial charge in [-0.25, -0.2) is 0 Å². The van der Waals surface area contributed by atoms with Crippen molar-refractivity contribution < 1.29 is 0 Å². The van der Waals surface area contributed by atoms with Crippen molar-refractivity contribution in [3.63, 3.8) is 0 Å². The molecule has 0 radical (unpaired) electrons. The van der Waals surface area contributed by atoms with Crippen molar-refractivity contribution in [1.82, 2.24) is 0 Å². The van der Waals surface area contributed by atoms with E-state index in [4.69, 9.17) is 0 Å². The standard InChI is InChI=1S/C40H42Br2P2/c41-43(29-13-23-39(35-15-5-1-6-16-35)36-17-7-2-8-18-36)31-33-25-27-34(28-26-33)32-44(42)30-14-24-40(37-19-9-3-10-20-37)38-21-11-4-12-22-38/h1-12,15-22,25-28,39-40H,13-14,23-24,29-32H2. The van der Waals surface area contributed by atoms with Crippen LogP contribution in [0.5, 0.6) is 0 Å². The second kappa shape index (κ2) is 18.2. The molecular weight excluding hydrogens is 702 g/mol. The molecule has 0 amide bonds. The molecule has 0 fully saturated rings. The Labute approximate surface area is 283 Å². The molecule has 5 rings (SSSR count). The Morgan fingerprint density at radius 1 is 0.386 bits per heavy atom. The predicted octanol–water partition coefficient (Wildman–Crippen LogP) is 13.5. The minimum Gasteiger partial charge on any atom is -0.0622 e. The maximum Gasteiger partial charge on any atom is 0.00894 e. The molecule has 0 aliphatic heterocycles. The van der Waals surface area contributed by atoms with Gasteiger partial charge in [0.05, 0.1) is 0 Å². The zero-order valence-corrected chi connectivity index (χ0v) is 30.3. The molecule has 0 N–H and O–H groups in total. The largest absolute Gasteiger partial charge is 0.0622 e. The van der Waals surface area contributed by atoms with Crippen LogP contribution in [0.2, 0.25) is 0 Å². The minimum atomic E-state index is -0.197. The number of hydrogen-bond donors (Lipinski definition) is 0. The van der Waals surface area contributed by atoms with Gasteiger partial charge in [0.25, 0.3) is 0 Å². The number of hydrogen-bond acceptors (Lipinski definition) is 0. The van der Waals surface area contributed by atoms with Gasteiger partial charge in [0, 0.05) is 24.2 Å². The van der Waals surface area contributed by atoms with E-state index in [1.54, 1.807) is 0 Å². The molecule has 4 heteroatoms. The van der Waals surface area contributed by atoms with Crippen molar-refractivity contribution in [2.75, 3.05) is 12.3 Å². The van der Waals surface area contributed by atoms with Gasteiger partial charge in [-0.05, 0) is 84.6 Å². The van der Waals surface area contributed by atoms with Crippen LogP contribution in [0.15, 0.2) is 146 Å². The van der Waals surface area contributed by atoms with Crippen molar-refractivity contribution in [2.24, 2.45) is 0 Å². The van der Waals surface area contributed by atoms with Crippen molar-refractivity contribution in [3.05, 3.63) is 179 Å². The van der Waals surface area contributed by atoms with E-state index in [-0.39, 0.29) is 13.2 Å². The highest BCUT2D eigenvalue weighted by molar-refractivity contribution is 9.39. The highest BCUT2D eigenvalue weighted by Gasteiger charge is 2.16. The van der Waals surface area contributed by atoms with Gasteiger partial charge in [0.2, 0.25) is 0 Å². The van der Waals surface area contributed by atoms with Crippen molar-refractivity contribution in [2.45, 2.75) is 49.8 Å². The lowest BCUT2D eigenvalue weighted by molar-refractivity contribution is 0.702. The number of benzene rings is 5. The summed E-state index contributed by atoms with van der Waals surface area (Å²) in [5.74, 6) is 0.934. The molecule has 0 saturated heterocycles. The van der Waals surface area contributed by atoms with Gasteiger partial charge in [0.15, 0.2) is 0 Å². The molecule has 0 aliphatic rings. The van der Waals surface area contributed by atoms with Gasteiger partial charge in [-0.3, -0.25) is 0 Å². The third kappa shape index (κ3) is 10.5. The zero-order valence-electron chi connectivity index (χ0n) is 25.3. The van der Waals surface area contributed by atoms with Crippen LogP contribution in [0.1, 0.15) is 70.9 Å². The minimum absolute atomic E-state index is 0.197. The molecule has 0 aromatic heterocycles. The van der Waals surface area contributed by atoms with Gasteiger partial charge in [-0.15, -0.1) is 0 Å². The molecule has 0 aliphatic carbocycles. The van der Waals surface area contributed by atoms with Gasteiger partial charge in [-0.1, -0.05) is 177 Å². The van der Waals surface area contributed by atoms with Crippen LogP contribution in [-0.2, 0) is 12.3 Å². The molecular formula is C40H42Br2P2. The fraction of sp³-hybridized carbons (Fsp3) is 0.250. The first-order valence-corrected chi connectivity index (χ1v) is 23.2. The highest BCUT2D eigenvalue weighted by atomic mass is 79.9. The van der Waals surface area contributed by atoms with Gasteiger partial charge >= 0.3 is 0 Å². The first kappa shape index (κ1) is 33.3. The Kier molecular flexibility index (Phi) is 13.7. The zero-order chi connectivity index (χ0) is 30.4. The average Bonchev–Trinajstić information content (AvgIpc) is 3.07. The lowest BCUT2D eigenvalue weighted by Crippen LogP contribution is -2.02. The molecule has 44 heavy (non-hydrogen) atoms. The molecule has 0 spiro atoms. The molecule has 2 atom stereocenters. The van der Waals surface area contributed by atoms with Gasteiger partial charge in [-0.2, -0.15) is 0 Å². The predicted molar refractivity (Wildman–Crippen MR) is 203 cm³/mol. The first-order valence-electron chi connectivity index (χ1n) is 15.7. The molecule has 2 unspecified atom stereocenters. The summed E-state index contributed by atoms with van der Waals surface area (Å²) in [5.41, 5.74) is 8.59. The second-order valence-electron chi connectivity index (χ2n) is 11.5. The van der Waals surface area contributed by atoms with Crippen LogP contribution in [0.3, 0.4) is 0 Å². The summed E-state index contributed by atoms with van der Waals surface area (Å²) in [6.45, 7) is -0.395. The van der Waals surface area contributed by atoms with E-state index in [9.17, 15) is 0 Å². The summed E-state index contributed by atoms with van der Waals surface area (Å²) >= 11 is 8.14. The van der Waals surface area contributed by atoms with Crippen molar-refractivity contribution >= 4 is 44.2 Å². The molecule has 5 aromatic carbocycles. The van der Waals surface area contributed by atoms with Gasteiger partial charge < -0.3 is 0 Å². The van der Waals surface area contributed by atoms with E-state index < -0.39 is 0 Å². The highest BCUT2D eigenvalue weighted by Crippen LogP contribution is 2.50. The van der Waals surface area contributed by atoms with Crippen LogP contribution >= 0.6 is 44.2 Å². The lowest BCUT2D eigenvalue weighted by Gasteiger charge is -2.19. The molecule has 0 bridgehead atoms. The van der Waals surface area contributed by atoms with Crippen LogP contribution < -0.4 is 0 Å². The Balaban J connectivity index is 1.06. The van der Waals surface area contributed by atoms with Crippen LogP contribution in [0, 0.1) is 0 Å². The van der Waals surface area contributed by atoms with E-state index in [0.29, 0.717) is 11.8 Å². The summed E-state index contributed by atoms with van der Waals surface area (Å²) in [6.07, 6.45) is 9.59. The van der Waals surface area contributed by atoms with Crippen LogP contribution in [0.4, 0.5) is 0 Å². The summed E-state index contributed by atoms with van der Waals surface area (Å²) in [6, 6.07) is 53.4. The number of halogens is 2.